The predicted octanol–water partition coefficient (Wildman–Crippen LogP) is 3.85. The first-order valence-electron chi connectivity index (χ1n) is 9.53. The van der Waals surface area contributed by atoms with Crippen molar-refractivity contribution in [3.05, 3.63) is 60.3 Å². The molecule has 1 heterocycles. The summed E-state index contributed by atoms with van der Waals surface area (Å²) in [5.41, 5.74) is 0.771. The van der Waals surface area contributed by atoms with Gasteiger partial charge >= 0.3 is 16.1 Å². The minimum atomic E-state index is -3.55. The molecule has 3 rings (SSSR count). The number of benzene rings is 2. The quantitative estimate of drug-likeness (QED) is 0.517. The average molecular weight is 432 g/mol. The van der Waals surface area contributed by atoms with Crippen LogP contribution in [0.3, 0.4) is 0 Å². The van der Waals surface area contributed by atoms with E-state index in [0.29, 0.717) is 11.5 Å². The molecule has 7 nitrogen and oxygen atoms in total. The summed E-state index contributed by atoms with van der Waals surface area (Å²) in [6.45, 7) is 3.82. The van der Waals surface area contributed by atoms with Crippen molar-refractivity contribution >= 4 is 27.0 Å². The number of carboxylic acid groups (broad SMARTS) is 1. The Hall–Kier alpha value is -3.00. The van der Waals surface area contributed by atoms with Gasteiger partial charge in [-0.05, 0) is 68.7 Å². The van der Waals surface area contributed by atoms with Crippen molar-refractivity contribution in [2.24, 2.45) is 0 Å². The van der Waals surface area contributed by atoms with E-state index in [1.54, 1.807) is 18.2 Å². The first-order chi connectivity index (χ1) is 14.0. The van der Waals surface area contributed by atoms with Gasteiger partial charge in [-0.1, -0.05) is 12.1 Å². The van der Waals surface area contributed by atoms with Crippen LogP contribution in [0.5, 0.6) is 11.5 Å². The molecule has 0 atom stereocenters. The number of rotatable bonds is 9. The lowest BCUT2D eigenvalue weighted by molar-refractivity contribution is -0.152. The van der Waals surface area contributed by atoms with Crippen LogP contribution in [0.1, 0.15) is 25.8 Å². The van der Waals surface area contributed by atoms with Crippen LogP contribution in [-0.4, -0.2) is 35.9 Å². The molecule has 0 aliphatic heterocycles. The van der Waals surface area contributed by atoms with Gasteiger partial charge in [0, 0.05) is 23.6 Å². The van der Waals surface area contributed by atoms with Crippen LogP contribution in [-0.2, 0) is 27.9 Å². The Morgan fingerprint density at radius 2 is 1.87 bits per heavy atom. The number of ether oxygens (including phenoxy) is 1. The number of fused-ring (bicyclic) bond motifs is 1. The van der Waals surface area contributed by atoms with E-state index in [4.69, 9.17) is 8.92 Å². The monoisotopic (exact) mass is 431 g/mol. The molecule has 0 radical (unpaired) electrons. The summed E-state index contributed by atoms with van der Waals surface area (Å²) in [7, 11) is -3.55. The highest BCUT2D eigenvalue weighted by atomic mass is 32.2. The van der Waals surface area contributed by atoms with Gasteiger partial charge in [0.15, 0.2) is 5.60 Å². The summed E-state index contributed by atoms with van der Waals surface area (Å²) in [5.74, 6) is -0.189. The third-order valence-electron chi connectivity index (χ3n) is 4.64. The molecule has 0 bridgehead atoms. The molecule has 0 fully saturated rings. The second-order valence-corrected chi connectivity index (χ2v) is 9.26. The minimum absolute atomic E-state index is 0.295. The number of carbonyl (C=O) groups is 1. The number of aliphatic carboxylic acids is 1. The van der Waals surface area contributed by atoms with Crippen LogP contribution in [0.2, 0.25) is 0 Å². The molecule has 0 aliphatic carbocycles. The Labute approximate surface area is 176 Å². The summed E-state index contributed by atoms with van der Waals surface area (Å²) >= 11 is 0. The standard InChI is InChI=1S/C22H25NO6S/c1-22(2,21(24)25)28-18-8-4-6-16(14-18)7-5-12-23-13-11-17-15-19(9-10-20(17)23)29-30(3,26)27/h4,6,8-11,13-15H,5,7,12H2,1-3H3,(H,24,25). The first kappa shape index (κ1) is 21.7. The maximum absolute atomic E-state index is 11.3. The number of carboxylic acids is 1. The minimum Gasteiger partial charge on any atom is -0.478 e. The van der Waals surface area contributed by atoms with Crippen molar-refractivity contribution in [1.29, 1.82) is 0 Å². The van der Waals surface area contributed by atoms with E-state index in [2.05, 4.69) is 4.57 Å². The SMILES string of the molecule is CC(C)(Oc1cccc(CCCn2ccc3cc(OS(C)(=O)=O)ccc32)c1)C(=O)O. The van der Waals surface area contributed by atoms with Gasteiger partial charge in [-0.3, -0.25) is 0 Å². The summed E-state index contributed by atoms with van der Waals surface area (Å²) in [6.07, 6.45) is 4.66. The molecule has 1 N–H and O–H groups in total. The van der Waals surface area contributed by atoms with Crippen molar-refractivity contribution in [1.82, 2.24) is 4.57 Å². The topological polar surface area (TPSA) is 94.8 Å². The number of hydrogen-bond acceptors (Lipinski definition) is 5. The van der Waals surface area contributed by atoms with E-state index in [1.807, 2.05) is 36.5 Å². The van der Waals surface area contributed by atoms with Crippen LogP contribution in [0.25, 0.3) is 10.9 Å². The highest BCUT2D eigenvalue weighted by molar-refractivity contribution is 7.86. The predicted molar refractivity (Wildman–Crippen MR) is 115 cm³/mol. The fraction of sp³-hybridized carbons (Fsp3) is 0.318. The normalized spacial score (nSPS) is 12.1. The van der Waals surface area contributed by atoms with E-state index in [9.17, 15) is 18.3 Å². The van der Waals surface area contributed by atoms with Crippen LogP contribution in [0.15, 0.2) is 54.7 Å². The number of aromatic nitrogens is 1. The Morgan fingerprint density at radius 1 is 1.10 bits per heavy atom. The second kappa shape index (κ2) is 8.39. The highest BCUT2D eigenvalue weighted by Crippen LogP contribution is 2.24. The van der Waals surface area contributed by atoms with Gasteiger partial charge < -0.3 is 18.6 Å². The van der Waals surface area contributed by atoms with Crippen molar-refractivity contribution in [3.63, 3.8) is 0 Å². The molecule has 0 spiro atoms. The molecule has 0 unspecified atom stereocenters. The lowest BCUT2D eigenvalue weighted by atomic mass is 10.1. The van der Waals surface area contributed by atoms with Gasteiger partial charge in [-0.25, -0.2) is 4.79 Å². The molecule has 0 amide bonds. The van der Waals surface area contributed by atoms with Gasteiger partial charge in [0.25, 0.3) is 0 Å². The number of nitrogens with zero attached hydrogens (tertiary/aromatic N) is 1. The molecular weight excluding hydrogens is 406 g/mol. The van der Waals surface area contributed by atoms with E-state index in [1.165, 1.54) is 13.8 Å². The molecule has 160 valence electrons. The molecule has 0 saturated carbocycles. The van der Waals surface area contributed by atoms with Gasteiger partial charge in [0.2, 0.25) is 0 Å². The Morgan fingerprint density at radius 3 is 2.57 bits per heavy atom. The van der Waals surface area contributed by atoms with Crippen molar-refractivity contribution in [2.45, 2.75) is 38.8 Å². The molecule has 0 aliphatic rings. The zero-order valence-electron chi connectivity index (χ0n) is 17.2. The van der Waals surface area contributed by atoms with E-state index in [0.717, 1.165) is 42.1 Å². The summed E-state index contributed by atoms with van der Waals surface area (Å²) < 4.78 is 35.2. The first-order valence-corrected chi connectivity index (χ1v) is 11.3. The fourth-order valence-corrected chi connectivity index (χ4v) is 3.61. The molecule has 8 heteroatoms. The van der Waals surface area contributed by atoms with Gasteiger partial charge in [-0.15, -0.1) is 0 Å². The smallest absolute Gasteiger partial charge is 0.347 e. The maximum Gasteiger partial charge on any atom is 0.347 e. The van der Waals surface area contributed by atoms with Crippen LogP contribution >= 0.6 is 0 Å². The molecule has 1 aromatic heterocycles. The van der Waals surface area contributed by atoms with E-state index < -0.39 is 21.7 Å². The molecule has 2 aromatic carbocycles. The Kier molecular flexibility index (Phi) is 6.07. The van der Waals surface area contributed by atoms with Gasteiger partial charge in [0.1, 0.15) is 11.5 Å². The Bertz CT molecular complexity index is 1160. The average Bonchev–Trinajstić information content (AvgIpc) is 3.02. The van der Waals surface area contributed by atoms with Gasteiger partial charge in [0.05, 0.1) is 6.26 Å². The van der Waals surface area contributed by atoms with Crippen molar-refractivity contribution in [2.75, 3.05) is 6.26 Å². The lowest BCUT2D eigenvalue weighted by Crippen LogP contribution is -2.37. The largest absolute Gasteiger partial charge is 0.478 e. The second-order valence-electron chi connectivity index (χ2n) is 7.69. The van der Waals surface area contributed by atoms with Crippen LogP contribution in [0.4, 0.5) is 0 Å². The van der Waals surface area contributed by atoms with E-state index in [-0.39, 0.29) is 0 Å². The summed E-state index contributed by atoms with van der Waals surface area (Å²) in [5, 5.41) is 10.1. The number of aryl methyl sites for hydroxylation is 2. The molecule has 0 saturated heterocycles. The zero-order chi connectivity index (χ0) is 21.9. The zero-order valence-corrected chi connectivity index (χ0v) is 18.0. The van der Waals surface area contributed by atoms with E-state index >= 15 is 0 Å². The third-order valence-corrected chi connectivity index (χ3v) is 5.14. The fourth-order valence-electron chi connectivity index (χ4n) is 3.16. The molecule has 30 heavy (non-hydrogen) atoms. The lowest BCUT2D eigenvalue weighted by Gasteiger charge is -2.21. The van der Waals surface area contributed by atoms with Crippen molar-refractivity contribution < 1.29 is 27.2 Å². The van der Waals surface area contributed by atoms with Gasteiger partial charge in [-0.2, -0.15) is 8.42 Å². The maximum atomic E-state index is 11.3. The van der Waals surface area contributed by atoms with Crippen molar-refractivity contribution in [3.8, 4) is 11.5 Å². The van der Waals surface area contributed by atoms with Crippen LogP contribution < -0.4 is 8.92 Å². The highest BCUT2D eigenvalue weighted by Gasteiger charge is 2.29. The number of hydrogen-bond donors (Lipinski definition) is 1. The molecule has 3 aromatic rings. The third kappa shape index (κ3) is 5.54. The van der Waals surface area contributed by atoms with Crippen LogP contribution in [0, 0.1) is 0 Å². The summed E-state index contributed by atoms with van der Waals surface area (Å²) in [6, 6.07) is 14.6. The molecular formula is C22H25NO6S. The summed E-state index contributed by atoms with van der Waals surface area (Å²) in [4.78, 5) is 11.2. The Balaban J connectivity index is 1.63.